The summed E-state index contributed by atoms with van der Waals surface area (Å²) in [7, 11) is 0. The van der Waals surface area contributed by atoms with Crippen molar-refractivity contribution in [3.63, 3.8) is 0 Å². The number of carboxylic acid groups (broad SMARTS) is 1. The maximum atomic E-state index is 12.9. The number of aromatic nitrogens is 3. The number of benzene rings is 1. The molecule has 1 fully saturated rings. The Bertz CT molecular complexity index is 977. The number of likely N-dealkylation sites (tertiary alicyclic amines) is 1. The normalized spacial score (nSPS) is 19.6. The third-order valence-corrected chi connectivity index (χ3v) is 4.71. The van der Waals surface area contributed by atoms with Crippen LogP contribution >= 0.6 is 0 Å². The molecule has 1 amide bonds. The van der Waals surface area contributed by atoms with Gasteiger partial charge in [0.15, 0.2) is 0 Å². The molecule has 4 rings (SSSR count). The van der Waals surface area contributed by atoms with Crippen molar-refractivity contribution in [1.82, 2.24) is 19.9 Å². The first-order valence-corrected chi connectivity index (χ1v) is 8.27. The first kappa shape index (κ1) is 16.1. The molecule has 130 valence electrons. The molecule has 1 aliphatic heterocycles. The fourth-order valence-corrected chi connectivity index (χ4v) is 3.39. The molecule has 1 aliphatic rings. The van der Waals surface area contributed by atoms with Gasteiger partial charge in [0.2, 0.25) is 0 Å². The molecule has 1 aromatic carbocycles. The maximum Gasteiger partial charge on any atom is 0.309 e. The Morgan fingerprint density at radius 2 is 1.77 bits per heavy atom. The molecule has 7 heteroatoms. The summed E-state index contributed by atoms with van der Waals surface area (Å²) in [6, 6.07) is 10.6. The second kappa shape index (κ2) is 6.51. The minimum absolute atomic E-state index is 0.161. The summed E-state index contributed by atoms with van der Waals surface area (Å²) in [5.74, 6) is -2.12. The number of amides is 1. The molecule has 7 nitrogen and oxygen atoms in total. The largest absolute Gasteiger partial charge is 0.481 e. The zero-order valence-electron chi connectivity index (χ0n) is 13.8. The number of nitrogens with zero attached hydrogens (tertiary/aromatic N) is 4. The van der Waals surface area contributed by atoms with Crippen molar-refractivity contribution in [2.75, 3.05) is 13.1 Å². The SMILES string of the molecule is O=C(O)C1CN(C(=O)c2ccc3nccnc3c2)CC1c1ccccn1. The van der Waals surface area contributed by atoms with Gasteiger partial charge in [-0.25, -0.2) is 0 Å². The van der Waals surface area contributed by atoms with Gasteiger partial charge >= 0.3 is 5.97 Å². The molecule has 1 saturated heterocycles. The van der Waals surface area contributed by atoms with Gasteiger partial charge in [-0.1, -0.05) is 6.07 Å². The van der Waals surface area contributed by atoms with Crippen molar-refractivity contribution in [3.8, 4) is 0 Å². The molecule has 0 radical (unpaired) electrons. The summed E-state index contributed by atoms with van der Waals surface area (Å²) in [5, 5.41) is 9.57. The number of carboxylic acids is 1. The zero-order chi connectivity index (χ0) is 18.1. The van der Waals surface area contributed by atoms with E-state index in [1.54, 1.807) is 53.8 Å². The lowest BCUT2D eigenvalue weighted by Crippen LogP contribution is -2.29. The van der Waals surface area contributed by atoms with Crippen LogP contribution in [0.5, 0.6) is 0 Å². The van der Waals surface area contributed by atoms with E-state index in [1.165, 1.54) is 0 Å². The third kappa shape index (κ3) is 2.88. The predicted molar refractivity (Wildman–Crippen MR) is 93.5 cm³/mol. The van der Waals surface area contributed by atoms with Crippen LogP contribution in [0, 0.1) is 5.92 Å². The minimum atomic E-state index is -0.916. The first-order chi connectivity index (χ1) is 12.6. The van der Waals surface area contributed by atoms with E-state index in [2.05, 4.69) is 15.0 Å². The van der Waals surface area contributed by atoms with E-state index in [9.17, 15) is 14.7 Å². The minimum Gasteiger partial charge on any atom is -0.481 e. The summed E-state index contributed by atoms with van der Waals surface area (Å²) in [5.41, 5.74) is 2.51. The van der Waals surface area contributed by atoms with Crippen molar-refractivity contribution in [3.05, 3.63) is 66.2 Å². The van der Waals surface area contributed by atoms with E-state index < -0.39 is 11.9 Å². The van der Waals surface area contributed by atoms with E-state index in [0.717, 1.165) is 0 Å². The van der Waals surface area contributed by atoms with Gasteiger partial charge in [-0.2, -0.15) is 0 Å². The second-order valence-electron chi connectivity index (χ2n) is 6.28. The van der Waals surface area contributed by atoms with E-state index >= 15 is 0 Å². The summed E-state index contributed by atoms with van der Waals surface area (Å²) < 4.78 is 0. The number of carbonyl (C=O) groups excluding carboxylic acids is 1. The van der Waals surface area contributed by atoms with Crippen LogP contribution in [0.4, 0.5) is 0 Å². The summed E-state index contributed by atoms with van der Waals surface area (Å²) in [6.45, 7) is 0.485. The van der Waals surface area contributed by atoms with Crippen molar-refractivity contribution < 1.29 is 14.7 Å². The summed E-state index contributed by atoms with van der Waals surface area (Å²) in [6.07, 6.45) is 4.81. The molecule has 26 heavy (non-hydrogen) atoms. The number of rotatable bonds is 3. The Morgan fingerprint density at radius 1 is 0.962 bits per heavy atom. The van der Waals surface area contributed by atoms with Crippen molar-refractivity contribution in [2.24, 2.45) is 5.92 Å². The number of hydrogen-bond acceptors (Lipinski definition) is 5. The van der Waals surface area contributed by atoms with E-state index in [-0.39, 0.29) is 18.4 Å². The maximum absolute atomic E-state index is 12.9. The number of fused-ring (bicyclic) bond motifs is 1. The Hall–Kier alpha value is -3.35. The molecule has 3 aromatic rings. The molecule has 0 spiro atoms. The third-order valence-electron chi connectivity index (χ3n) is 4.71. The van der Waals surface area contributed by atoms with Crippen LogP contribution in [0.15, 0.2) is 55.0 Å². The van der Waals surface area contributed by atoms with Gasteiger partial charge in [-0.15, -0.1) is 0 Å². The average molecular weight is 348 g/mol. The molecule has 0 aliphatic carbocycles. The Morgan fingerprint density at radius 3 is 2.50 bits per heavy atom. The Labute approximate surface area is 149 Å². The van der Waals surface area contributed by atoms with Crippen molar-refractivity contribution in [2.45, 2.75) is 5.92 Å². The van der Waals surface area contributed by atoms with Crippen molar-refractivity contribution in [1.29, 1.82) is 0 Å². The smallest absolute Gasteiger partial charge is 0.309 e. The number of carbonyl (C=O) groups is 2. The summed E-state index contributed by atoms with van der Waals surface area (Å²) >= 11 is 0. The number of hydrogen-bond donors (Lipinski definition) is 1. The molecule has 0 saturated carbocycles. The molecule has 3 heterocycles. The second-order valence-corrected chi connectivity index (χ2v) is 6.28. The quantitative estimate of drug-likeness (QED) is 0.777. The van der Waals surface area contributed by atoms with Gasteiger partial charge in [0.05, 0.1) is 17.0 Å². The molecule has 0 bridgehead atoms. The lowest BCUT2D eigenvalue weighted by Gasteiger charge is -2.16. The molecule has 2 aromatic heterocycles. The number of aliphatic carboxylic acids is 1. The molecule has 1 N–H and O–H groups in total. The topological polar surface area (TPSA) is 96.3 Å². The van der Waals surface area contributed by atoms with E-state index in [4.69, 9.17) is 0 Å². The lowest BCUT2D eigenvalue weighted by molar-refractivity contribution is -0.141. The first-order valence-electron chi connectivity index (χ1n) is 8.27. The monoisotopic (exact) mass is 348 g/mol. The van der Waals surface area contributed by atoms with Gasteiger partial charge in [0.1, 0.15) is 0 Å². The fourth-order valence-electron chi connectivity index (χ4n) is 3.39. The van der Waals surface area contributed by atoms with Crippen LogP contribution in [0.1, 0.15) is 22.0 Å². The standard InChI is InChI=1S/C19H16N4O3/c24-18(12-4-5-16-17(9-12)22-8-7-21-16)23-10-13(14(11-23)19(25)26)15-3-1-2-6-20-15/h1-9,13-14H,10-11H2,(H,25,26). The highest BCUT2D eigenvalue weighted by molar-refractivity contribution is 5.97. The molecule has 2 atom stereocenters. The van der Waals surface area contributed by atoms with Crippen LogP contribution in [0.25, 0.3) is 11.0 Å². The lowest BCUT2D eigenvalue weighted by atomic mass is 9.93. The van der Waals surface area contributed by atoms with Gasteiger partial charge in [-0.3, -0.25) is 24.5 Å². The molecular weight excluding hydrogens is 332 g/mol. The zero-order valence-corrected chi connectivity index (χ0v) is 13.8. The highest BCUT2D eigenvalue weighted by Gasteiger charge is 2.41. The number of pyridine rings is 1. The van der Waals surface area contributed by atoms with E-state index in [1.807, 2.05) is 6.07 Å². The van der Waals surface area contributed by atoms with Gasteiger partial charge < -0.3 is 10.0 Å². The Balaban J connectivity index is 1.62. The van der Waals surface area contributed by atoms with Gasteiger partial charge in [0.25, 0.3) is 5.91 Å². The van der Waals surface area contributed by atoms with Crippen molar-refractivity contribution >= 4 is 22.9 Å². The Kier molecular flexibility index (Phi) is 4.04. The van der Waals surface area contributed by atoms with Crippen LogP contribution in [0.3, 0.4) is 0 Å². The van der Waals surface area contributed by atoms with Gasteiger partial charge in [0, 0.05) is 48.9 Å². The van der Waals surface area contributed by atoms with E-state index in [0.29, 0.717) is 28.8 Å². The fraction of sp³-hybridized carbons (Fsp3) is 0.211. The molecular formula is C19H16N4O3. The predicted octanol–water partition coefficient (Wildman–Crippen LogP) is 1.97. The van der Waals surface area contributed by atoms with Crippen LogP contribution in [-0.2, 0) is 4.79 Å². The van der Waals surface area contributed by atoms with Crippen LogP contribution < -0.4 is 0 Å². The van der Waals surface area contributed by atoms with Crippen LogP contribution in [-0.4, -0.2) is 49.9 Å². The summed E-state index contributed by atoms with van der Waals surface area (Å²) in [4.78, 5) is 38.9. The average Bonchev–Trinajstić information content (AvgIpc) is 3.13. The molecule has 2 unspecified atom stereocenters. The highest BCUT2D eigenvalue weighted by atomic mass is 16.4. The van der Waals surface area contributed by atoms with Crippen LogP contribution in [0.2, 0.25) is 0 Å². The van der Waals surface area contributed by atoms with Gasteiger partial charge in [-0.05, 0) is 30.3 Å². The highest BCUT2D eigenvalue weighted by Crippen LogP contribution is 2.32.